The summed E-state index contributed by atoms with van der Waals surface area (Å²) in [6, 6.07) is 20.9. The second-order valence-electron chi connectivity index (χ2n) is 6.71. The minimum Gasteiger partial charge on any atom is -0.372 e. The molecule has 0 bridgehead atoms. The number of benzene rings is 2. The van der Waals surface area contributed by atoms with Crippen molar-refractivity contribution in [3.05, 3.63) is 67.0 Å². The molecule has 0 unspecified atom stereocenters. The van der Waals surface area contributed by atoms with E-state index in [4.69, 9.17) is 0 Å². The first-order valence-corrected chi connectivity index (χ1v) is 9.60. The highest BCUT2D eigenvalue weighted by atomic mass is 15.2. The van der Waals surface area contributed by atoms with Crippen LogP contribution in [0.5, 0.6) is 0 Å². The van der Waals surface area contributed by atoms with Gasteiger partial charge in [0.25, 0.3) is 0 Å². The third kappa shape index (κ3) is 4.03. The summed E-state index contributed by atoms with van der Waals surface area (Å²) >= 11 is 0. The molecule has 27 heavy (non-hydrogen) atoms. The molecule has 0 amide bonds. The summed E-state index contributed by atoms with van der Waals surface area (Å²) in [6.07, 6.45) is 4.19. The van der Waals surface area contributed by atoms with E-state index in [1.54, 1.807) is 6.33 Å². The second-order valence-corrected chi connectivity index (χ2v) is 6.71. The number of aromatic nitrogens is 2. The first-order valence-electron chi connectivity index (χ1n) is 9.60. The number of hydrogen-bond acceptors (Lipinski definition) is 5. The fourth-order valence-corrected chi connectivity index (χ4v) is 3.53. The fourth-order valence-electron chi connectivity index (χ4n) is 3.53. The van der Waals surface area contributed by atoms with Crippen LogP contribution in [0.4, 0.5) is 28.7 Å². The first-order chi connectivity index (χ1) is 13.3. The molecule has 1 N–H and O–H groups in total. The summed E-state index contributed by atoms with van der Waals surface area (Å²) in [7, 11) is 0. The Morgan fingerprint density at radius 2 is 1.70 bits per heavy atom. The predicted octanol–water partition coefficient (Wildman–Crippen LogP) is 4.98. The monoisotopic (exact) mass is 359 g/mol. The summed E-state index contributed by atoms with van der Waals surface area (Å²) in [5.74, 6) is 1.68. The Morgan fingerprint density at radius 1 is 0.963 bits per heavy atom. The largest absolute Gasteiger partial charge is 0.372 e. The van der Waals surface area contributed by atoms with Gasteiger partial charge in [-0.15, -0.1) is 0 Å². The molecule has 0 radical (unpaired) electrons. The number of rotatable bonds is 6. The molecule has 1 aromatic heterocycles. The van der Waals surface area contributed by atoms with E-state index >= 15 is 0 Å². The maximum absolute atomic E-state index is 4.46. The molecule has 0 saturated carbocycles. The van der Waals surface area contributed by atoms with Crippen molar-refractivity contribution < 1.29 is 0 Å². The van der Waals surface area contributed by atoms with Crippen LogP contribution in [-0.2, 0) is 0 Å². The maximum Gasteiger partial charge on any atom is 0.138 e. The molecule has 2 heterocycles. The molecule has 1 saturated heterocycles. The van der Waals surface area contributed by atoms with E-state index in [1.165, 1.54) is 18.5 Å². The number of para-hydroxylation sites is 1. The van der Waals surface area contributed by atoms with Crippen molar-refractivity contribution in [2.45, 2.75) is 19.8 Å². The lowest BCUT2D eigenvalue weighted by molar-refractivity contribution is 0.949. The minimum absolute atomic E-state index is 0.795. The van der Waals surface area contributed by atoms with Crippen molar-refractivity contribution in [3.8, 4) is 0 Å². The van der Waals surface area contributed by atoms with Gasteiger partial charge in [-0.25, -0.2) is 9.97 Å². The minimum atomic E-state index is 0.795. The van der Waals surface area contributed by atoms with Gasteiger partial charge in [-0.1, -0.05) is 18.2 Å². The van der Waals surface area contributed by atoms with Crippen LogP contribution < -0.4 is 15.1 Å². The average molecular weight is 359 g/mol. The summed E-state index contributed by atoms with van der Waals surface area (Å²) in [6.45, 7) is 5.28. The van der Waals surface area contributed by atoms with E-state index in [9.17, 15) is 0 Å². The Morgan fingerprint density at radius 3 is 2.41 bits per heavy atom. The average Bonchev–Trinajstić information content (AvgIpc) is 3.25. The first kappa shape index (κ1) is 17.3. The molecule has 1 fully saturated rings. The molecule has 3 aromatic rings. The predicted molar refractivity (Wildman–Crippen MR) is 112 cm³/mol. The van der Waals surface area contributed by atoms with Crippen LogP contribution >= 0.6 is 0 Å². The zero-order chi connectivity index (χ0) is 18.5. The highest BCUT2D eigenvalue weighted by molar-refractivity contribution is 5.66. The smallest absolute Gasteiger partial charge is 0.138 e. The summed E-state index contributed by atoms with van der Waals surface area (Å²) < 4.78 is 0. The van der Waals surface area contributed by atoms with Gasteiger partial charge in [0.2, 0.25) is 0 Å². The van der Waals surface area contributed by atoms with E-state index in [1.807, 2.05) is 24.3 Å². The van der Waals surface area contributed by atoms with E-state index in [0.717, 1.165) is 42.6 Å². The molecule has 0 atom stereocenters. The Hall–Kier alpha value is -3.08. The Balaban J connectivity index is 1.50. The van der Waals surface area contributed by atoms with Gasteiger partial charge in [0.15, 0.2) is 0 Å². The van der Waals surface area contributed by atoms with Crippen LogP contribution in [-0.4, -0.2) is 29.6 Å². The number of anilines is 5. The molecule has 2 aromatic carbocycles. The maximum atomic E-state index is 4.46. The number of nitrogens with one attached hydrogen (secondary N) is 1. The lowest BCUT2D eigenvalue weighted by Gasteiger charge is -2.22. The van der Waals surface area contributed by atoms with Crippen LogP contribution in [0.15, 0.2) is 67.0 Å². The quantitative estimate of drug-likeness (QED) is 0.672. The van der Waals surface area contributed by atoms with Gasteiger partial charge in [0.1, 0.15) is 18.0 Å². The molecule has 0 spiro atoms. The van der Waals surface area contributed by atoms with Gasteiger partial charge in [0.05, 0.1) is 0 Å². The Kier molecular flexibility index (Phi) is 5.19. The lowest BCUT2D eigenvalue weighted by Crippen LogP contribution is -2.17. The second kappa shape index (κ2) is 8.08. The number of nitrogens with zero attached hydrogens (tertiary/aromatic N) is 4. The SMILES string of the molecule is CCN(c1ccccc1)c1cc(Nc2ccc(N3CCCC3)cc2)ncn1. The van der Waals surface area contributed by atoms with E-state index in [2.05, 4.69) is 68.4 Å². The molecule has 5 nitrogen and oxygen atoms in total. The van der Waals surface area contributed by atoms with Crippen LogP contribution in [0.2, 0.25) is 0 Å². The Labute approximate surface area is 160 Å². The summed E-state index contributed by atoms with van der Waals surface area (Å²) in [4.78, 5) is 13.5. The normalized spacial score (nSPS) is 13.6. The van der Waals surface area contributed by atoms with Crippen molar-refractivity contribution in [1.29, 1.82) is 0 Å². The number of hydrogen-bond donors (Lipinski definition) is 1. The summed E-state index contributed by atoms with van der Waals surface area (Å²) in [5, 5.41) is 3.40. The molecular formula is C22H25N5. The van der Waals surface area contributed by atoms with Gasteiger partial charge in [-0.2, -0.15) is 0 Å². The zero-order valence-corrected chi connectivity index (χ0v) is 15.7. The van der Waals surface area contributed by atoms with Crippen molar-refractivity contribution >= 4 is 28.7 Å². The Bertz CT molecular complexity index is 857. The molecule has 5 heteroatoms. The van der Waals surface area contributed by atoms with E-state index in [-0.39, 0.29) is 0 Å². The lowest BCUT2D eigenvalue weighted by atomic mass is 10.2. The van der Waals surface area contributed by atoms with Gasteiger partial charge in [-0.05, 0) is 56.2 Å². The molecular weight excluding hydrogens is 334 g/mol. The van der Waals surface area contributed by atoms with Gasteiger partial charge in [-0.3, -0.25) is 0 Å². The molecule has 1 aliphatic rings. The van der Waals surface area contributed by atoms with Crippen LogP contribution in [0.3, 0.4) is 0 Å². The third-order valence-corrected chi connectivity index (χ3v) is 4.92. The highest BCUT2D eigenvalue weighted by Crippen LogP contribution is 2.26. The molecule has 138 valence electrons. The van der Waals surface area contributed by atoms with Crippen molar-refractivity contribution in [2.24, 2.45) is 0 Å². The van der Waals surface area contributed by atoms with Crippen LogP contribution in [0, 0.1) is 0 Å². The topological polar surface area (TPSA) is 44.3 Å². The molecule has 1 aliphatic heterocycles. The third-order valence-electron chi connectivity index (χ3n) is 4.92. The van der Waals surface area contributed by atoms with E-state index < -0.39 is 0 Å². The highest BCUT2D eigenvalue weighted by Gasteiger charge is 2.12. The fraction of sp³-hybridized carbons (Fsp3) is 0.273. The van der Waals surface area contributed by atoms with E-state index in [0.29, 0.717) is 0 Å². The molecule has 0 aliphatic carbocycles. The standard InChI is InChI=1S/C22H25N5/c1-2-27(20-8-4-3-5-9-20)22-16-21(23-17-24-22)25-18-10-12-19(13-11-18)26-14-6-7-15-26/h3-5,8-13,16-17H,2,6-7,14-15H2,1H3,(H,23,24,25). The van der Waals surface area contributed by atoms with Gasteiger partial charge >= 0.3 is 0 Å². The van der Waals surface area contributed by atoms with Gasteiger partial charge in [0, 0.05) is 42.8 Å². The van der Waals surface area contributed by atoms with Crippen molar-refractivity contribution in [3.63, 3.8) is 0 Å². The summed E-state index contributed by atoms with van der Waals surface area (Å²) in [5.41, 5.74) is 3.45. The van der Waals surface area contributed by atoms with Crippen LogP contribution in [0.25, 0.3) is 0 Å². The molecule has 4 rings (SSSR count). The van der Waals surface area contributed by atoms with Crippen molar-refractivity contribution in [1.82, 2.24) is 9.97 Å². The van der Waals surface area contributed by atoms with Gasteiger partial charge < -0.3 is 15.1 Å². The zero-order valence-electron chi connectivity index (χ0n) is 15.7. The van der Waals surface area contributed by atoms with Crippen molar-refractivity contribution in [2.75, 3.05) is 34.8 Å². The van der Waals surface area contributed by atoms with Crippen LogP contribution in [0.1, 0.15) is 19.8 Å².